The molecule has 0 aliphatic heterocycles. The fraction of sp³-hybridized carbons (Fsp3) is 0.200. The summed E-state index contributed by atoms with van der Waals surface area (Å²) in [6.07, 6.45) is 10.1. The van der Waals surface area contributed by atoms with Gasteiger partial charge in [0, 0.05) is 5.41 Å². The van der Waals surface area contributed by atoms with Crippen LogP contribution < -0.4 is 0 Å². The minimum atomic E-state index is 1.46. The number of hydrogen-bond donors (Lipinski definition) is 0. The van der Waals surface area contributed by atoms with Gasteiger partial charge in [-0.25, -0.2) is 0 Å². The van der Waals surface area contributed by atoms with Crippen LogP contribution in [0.15, 0.2) is 11.7 Å². The zero-order chi connectivity index (χ0) is 5.54. The van der Waals surface area contributed by atoms with Crippen molar-refractivity contribution in [1.29, 1.82) is 0 Å². The topological polar surface area (TPSA) is 9.23 Å². The van der Waals surface area contributed by atoms with Crippen molar-refractivity contribution < 1.29 is 4.74 Å². The zero-order valence-electron chi connectivity index (χ0n) is 4.05. The van der Waals surface area contributed by atoms with Crippen LogP contribution in [0.1, 0.15) is 0 Å². The minimum absolute atomic E-state index is 1.46. The Bertz CT molecular complexity index is 90.7. The van der Waals surface area contributed by atoms with Gasteiger partial charge in [0.15, 0.2) is 0 Å². The Labute approximate surface area is 47.7 Å². The number of hydrogen-bond acceptors (Lipinski definition) is 2. The van der Waals surface area contributed by atoms with Gasteiger partial charge in [-0.1, -0.05) is 6.42 Å². The highest BCUT2D eigenvalue weighted by Crippen LogP contribution is 1.91. The third-order valence-electron chi connectivity index (χ3n) is 0.328. The van der Waals surface area contributed by atoms with Crippen LogP contribution in [-0.4, -0.2) is 6.26 Å². The number of rotatable bonds is 2. The molecule has 0 aromatic rings. The van der Waals surface area contributed by atoms with Crippen LogP contribution >= 0.6 is 11.8 Å². The standard InChI is InChI=1S/C5H6OS/c1-3-6-4-5-7-2/h1,4-5H,2H3/b5-4-. The normalized spacial score (nSPS) is 8.57. The molecule has 0 atom stereocenters. The summed E-state index contributed by atoms with van der Waals surface area (Å²) >= 11 is 1.54. The molecule has 0 unspecified atom stereocenters. The van der Waals surface area contributed by atoms with Crippen LogP contribution in [0.25, 0.3) is 0 Å². The molecule has 2 heteroatoms. The molecule has 0 saturated carbocycles. The second-order valence-electron chi connectivity index (χ2n) is 0.744. The summed E-state index contributed by atoms with van der Waals surface area (Å²) in [4.78, 5) is 0. The highest BCUT2D eigenvalue weighted by molar-refractivity contribution is 8.01. The van der Waals surface area contributed by atoms with Gasteiger partial charge >= 0.3 is 0 Å². The van der Waals surface area contributed by atoms with E-state index in [0.717, 1.165) is 0 Å². The zero-order valence-corrected chi connectivity index (χ0v) is 4.87. The van der Waals surface area contributed by atoms with Gasteiger partial charge in [-0.05, 0) is 6.26 Å². The molecule has 0 radical (unpaired) electrons. The number of ether oxygens (including phenoxy) is 1. The first-order valence-corrected chi connectivity index (χ1v) is 2.99. The van der Waals surface area contributed by atoms with E-state index < -0.39 is 0 Å². The Morgan fingerprint density at radius 3 is 3.00 bits per heavy atom. The molecule has 7 heavy (non-hydrogen) atoms. The summed E-state index contributed by atoms with van der Waals surface area (Å²) < 4.78 is 4.40. The molecule has 0 aromatic heterocycles. The van der Waals surface area contributed by atoms with Gasteiger partial charge < -0.3 is 4.74 Å². The molecule has 0 heterocycles. The average molecular weight is 114 g/mol. The molecule has 0 spiro atoms. The molecule has 38 valence electrons. The van der Waals surface area contributed by atoms with Crippen molar-refractivity contribution in [1.82, 2.24) is 0 Å². The van der Waals surface area contributed by atoms with Gasteiger partial charge in [0.2, 0.25) is 0 Å². The van der Waals surface area contributed by atoms with Crippen LogP contribution in [0, 0.1) is 12.5 Å². The molecular formula is C5H6OS. The Morgan fingerprint density at radius 1 is 1.86 bits per heavy atom. The molecule has 0 rings (SSSR count). The van der Waals surface area contributed by atoms with E-state index in [9.17, 15) is 0 Å². The Balaban J connectivity index is 2.97. The van der Waals surface area contributed by atoms with Crippen molar-refractivity contribution >= 4 is 11.8 Å². The summed E-state index contributed by atoms with van der Waals surface area (Å²) in [7, 11) is 0. The van der Waals surface area contributed by atoms with E-state index in [1.165, 1.54) is 6.26 Å². The SMILES string of the molecule is C#CO/C=C\SC. The van der Waals surface area contributed by atoms with Gasteiger partial charge in [0.1, 0.15) is 12.4 Å². The van der Waals surface area contributed by atoms with Crippen molar-refractivity contribution in [3.05, 3.63) is 11.7 Å². The highest BCUT2D eigenvalue weighted by atomic mass is 32.2. The van der Waals surface area contributed by atoms with Crippen molar-refractivity contribution in [2.45, 2.75) is 0 Å². The number of thioether (sulfide) groups is 1. The maximum absolute atomic E-state index is 4.74. The van der Waals surface area contributed by atoms with E-state index >= 15 is 0 Å². The van der Waals surface area contributed by atoms with Crippen molar-refractivity contribution in [3.63, 3.8) is 0 Å². The van der Waals surface area contributed by atoms with Gasteiger partial charge in [-0.3, -0.25) is 0 Å². The molecule has 0 amide bonds. The highest BCUT2D eigenvalue weighted by Gasteiger charge is 1.61. The smallest absolute Gasteiger partial charge is 0.112 e. The van der Waals surface area contributed by atoms with E-state index in [4.69, 9.17) is 6.42 Å². The van der Waals surface area contributed by atoms with Crippen LogP contribution in [0.5, 0.6) is 0 Å². The largest absolute Gasteiger partial charge is 0.415 e. The third-order valence-corrected chi connectivity index (χ3v) is 0.711. The third kappa shape index (κ3) is 5.45. The first-order chi connectivity index (χ1) is 3.41. The van der Waals surface area contributed by atoms with Crippen molar-refractivity contribution in [2.24, 2.45) is 0 Å². The van der Waals surface area contributed by atoms with E-state index in [1.54, 1.807) is 17.2 Å². The number of terminal acetylenes is 1. The summed E-state index contributed by atoms with van der Waals surface area (Å²) in [5, 5.41) is 1.76. The van der Waals surface area contributed by atoms with Crippen molar-refractivity contribution in [3.8, 4) is 12.5 Å². The molecule has 0 aliphatic rings. The summed E-state index contributed by atoms with van der Waals surface area (Å²) in [5.41, 5.74) is 0. The average Bonchev–Trinajstić information content (AvgIpc) is 1.69. The first-order valence-electron chi connectivity index (χ1n) is 1.71. The Kier molecular flexibility index (Phi) is 5.02. The quantitative estimate of drug-likeness (QED) is 0.396. The molecular weight excluding hydrogens is 108 g/mol. The second kappa shape index (κ2) is 5.45. The van der Waals surface area contributed by atoms with Crippen molar-refractivity contribution in [2.75, 3.05) is 6.26 Å². The van der Waals surface area contributed by atoms with Crippen LogP contribution in [-0.2, 0) is 4.74 Å². The maximum Gasteiger partial charge on any atom is 0.112 e. The molecule has 0 aliphatic carbocycles. The molecule has 0 aromatic carbocycles. The van der Waals surface area contributed by atoms with Gasteiger partial charge in [-0.2, -0.15) is 0 Å². The second-order valence-corrected chi connectivity index (χ2v) is 1.49. The Morgan fingerprint density at radius 2 is 2.57 bits per heavy atom. The van der Waals surface area contributed by atoms with Gasteiger partial charge in [0.25, 0.3) is 0 Å². The lowest BCUT2D eigenvalue weighted by Crippen LogP contribution is -1.58. The van der Waals surface area contributed by atoms with Gasteiger partial charge in [0.05, 0.1) is 0 Å². The lowest BCUT2D eigenvalue weighted by molar-refractivity contribution is 0.442. The Hall–Kier alpha value is -0.550. The lowest BCUT2D eigenvalue weighted by atomic mass is 11.1. The fourth-order valence-electron chi connectivity index (χ4n) is 0.123. The van der Waals surface area contributed by atoms with E-state index in [0.29, 0.717) is 0 Å². The fourth-order valence-corrected chi connectivity index (χ4v) is 0.289. The predicted molar refractivity (Wildman–Crippen MR) is 32.6 cm³/mol. The molecule has 0 saturated heterocycles. The molecule has 0 N–H and O–H groups in total. The van der Waals surface area contributed by atoms with E-state index in [-0.39, 0.29) is 0 Å². The van der Waals surface area contributed by atoms with Crippen LogP contribution in [0.3, 0.4) is 0 Å². The van der Waals surface area contributed by atoms with E-state index in [1.807, 2.05) is 12.4 Å². The molecule has 1 nitrogen and oxygen atoms in total. The summed E-state index contributed by atoms with van der Waals surface area (Å²) in [5.74, 6) is 0. The monoisotopic (exact) mass is 114 g/mol. The summed E-state index contributed by atoms with van der Waals surface area (Å²) in [6, 6.07) is 0. The first kappa shape index (κ1) is 6.45. The van der Waals surface area contributed by atoms with Crippen LogP contribution in [0.2, 0.25) is 0 Å². The van der Waals surface area contributed by atoms with Gasteiger partial charge in [-0.15, -0.1) is 11.8 Å². The van der Waals surface area contributed by atoms with Crippen LogP contribution in [0.4, 0.5) is 0 Å². The predicted octanol–water partition coefficient (Wildman–Crippen LogP) is 1.43. The maximum atomic E-state index is 4.74. The summed E-state index contributed by atoms with van der Waals surface area (Å²) in [6.45, 7) is 0. The minimum Gasteiger partial charge on any atom is -0.415 e. The molecule has 0 fully saturated rings. The lowest BCUT2D eigenvalue weighted by Gasteiger charge is -1.78. The molecule has 0 bridgehead atoms. The van der Waals surface area contributed by atoms with E-state index in [2.05, 4.69) is 4.74 Å².